The van der Waals surface area contributed by atoms with Gasteiger partial charge < -0.3 is 15.4 Å². The van der Waals surface area contributed by atoms with Gasteiger partial charge in [0.1, 0.15) is 5.75 Å². The normalized spacial score (nSPS) is 10.4. The molecule has 3 aromatic rings. The second-order valence-electron chi connectivity index (χ2n) is 4.92. The molecule has 0 atom stereocenters. The molecule has 9 heteroatoms. The second-order valence-corrected chi connectivity index (χ2v) is 6.23. The van der Waals surface area contributed by atoms with E-state index in [2.05, 4.69) is 25.8 Å². The zero-order valence-corrected chi connectivity index (χ0v) is 15.2. The smallest absolute Gasteiger partial charge is 0.249 e. The van der Waals surface area contributed by atoms with E-state index in [1.54, 1.807) is 43.5 Å². The highest BCUT2D eigenvalue weighted by molar-refractivity contribution is 6.35. The van der Waals surface area contributed by atoms with Crippen LogP contribution in [0, 0.1) is 0 Å². The predicted molar refractivity (Wildman–Crippen MR) is 101 cm³/mol. The summed E-state index contributed by atoms with van der Waals surface area (Å²) in [6.07, 6.45) is 1.48. The molecule has 0 unspecified atom stereocenters. The highest BCUT2D eigenvalue weighted by Crippen LogP contribution is 2.30. The van der Waals surface area contributed by atoms with Crippen molar-refractivity contribution in [1.29, 1.82) is 0 Å². The number of methoxy groups -OCH3 is 1. The summed E-state index contributed by atoms with van der Waals surface area (Å²) in [5.74, 6) is 1.35. The number of hydrogen-bond acceptors (Lipinski definition) is 6. The lowest BCUT2D eigenvalue weighted by Gasteiger charge is -2.11. The molecular weight excluding hydrogens is 385 g/mol. The number of hydrogen-bond donors (Lipinski definition) is 2. The Morgan fingerprint density at radius 1 is 0.920 bits per heavy atom. The first kappa shape index (κ1) is 17.5. The number of ether oxygens (including phenoxy) is 1. The van der Waals surface area contributed by atoms with Crippen molar-refractivity contribution in [2.75, 3.05) is 17.7 Å². The Labute approximate surface area is 159 Å². The minimum atomic E-state index is 0.277. The Morgan fingerprint density at radius 3 is 2.40 bits per heavy atom. The van der Waals surface area contributed by atoms with E-state index in [4.69, 9.17) is 39.5 Å². The Balaban J connectivity index is 1.83. The molecule has 6 nitrogen and oxygen atoms in total. The lowest BCUT2D eigenvalue weighted by atomic mass is 10.3. The Hall–Kier alpha value is -2.28. The summed E-state index contributed by atoms with van der Waals surface area (Å²) in [7, 11) is 1.56. The molecule has 0 bridgehead atoms. The molecule has 128 valence electrons. The van der Waals surface area contributed by atoms with Gasteiger partial charge in [0.2, 0.25) is 5.95 Å². The number of nitrogens with one attached hydrogen (secondary N) is 2. The standard InChI is InChI=1S/C16H12Cl3N5O/c1-25-14-3-2-9(17)7-13(14)22-16-23-15(8-20-24-16)21-12-5-10(18)4-11(19)6-12/h2-8H,1H3,(H2,21,22,23,24). The summed E-state index contributed by atoms with van der Waals surface area (Å²) in [6.45, 7) is 0. The molecule has 2 N–H and O–H groups in total. The first-order valence-electron chi connectivity index (χ1n) is 7.07. The Kier molecular flexibility index (Phi) is 5.43. The van der Waals surface area contributed by atoms with Crippen LogP contribution in [0.4, 0.5) is 23.1 Å². The van der Waals surface area contributed by atoms with Crippen molar-refractivity contribution in [1.82, 2.24) is 15.2 Å². The van der Waals surface area contributed by atoms with Crippen LogP contribution < -0.4 is 15.4 Å². The van der Waals surface area contributed by atoms with Crippen molar-refractivity contribution >= 4 is 57.9 Å². The highest BCUT2D eigenvalue weighted by Gasteiger charge is 2.08. The van der Waals surface area contributed by atoms with Gasteiger partial charge in [0.15, 0.2) is 5.82 Å². The maximum atomic E-state index is 6.02. The number of aromatic nitrogens is 3. The zero-order chi connectivity index (χ0) is 17.8. The molecule has 1 aromatic heterocycles. The van der Waals surface area contributed by atoms with E-state index in [9.17, 15) is 0 Å². The van der Waals surface area contributed by atoms with Gasteiger partial charge >= 0.3 is 0 Å². The van der Waals surface area contributed by atoms with E-state index < -0.39 is 0 Å². The van der Waals surface area contributed by atoms with Gasteiger partial charge in [-0.15, -0.1) is 5.10 Å². The van der Waals surface area contributed by atoms with Crippen LogP contribution in [0.1, 0.15) is 0 Å². The van der Waals surface area contributed by atoms with E-state index in [1.807, 2.05) is 0 Å². The zero-order valence-electron chi connectivity index (χ0n) is 12.9. The van der Waals surface area contributed by atoms with Crippen LogP contribution in [0.25, 0.3) is 0 Å². The first-order chi connectivity index (χ1) is 12.0. The van der Waals surface area contributed by atoms with Crippen molar-refractivity contribution in [3.05, 3.63) is 57.7 Å². The second kappa shape index (κ2) is 7.74. The average Bonchev–Trinajstić information content (AvgIpc) is 2.54. The summed E-state index contributed by atoms with van der Waals surface area (Å²) in [6, 6.07) is 10.3. The molecule has 0 aliphatic rings. The molecule has 3 rings (SSSR count). The fraction of sp³-hybridized carbons (Fsp3) is 0.0625. The fourth-order valence-corrected chi connectivity index (χ4v) is 2.79. The van der Waals surface area contributed by atoms with E-state index in [1.165, 1.54) is 6.20 Å². The van der Waals surface area contributed by atoms with Gasteiger partial charge in [0.05, 0.1) is 19.0 Å². The van der Waals surface area contributed by atoms with E-state index in [0.29, 0.717) is 38.0 Å². The minimum absolute atomic E-state index is 0.277. The van der Waals surface area contributed by atoms with Crippen molar-refractivity contribution < 1.29 is 4.74 Å². The maximum Gasteiger partial charge on any atom is 0.249 e. The molecule has 0 fully saturated rings. The predicted octanol–water partition coefficient (Wildman–Crippen LogP) is 5.33. The third kappa shape index (κ3) is 4.63. The van der Waals surface area contributed by atoms with Crippen LogP contribution in [0.2, 0.25) is 15.1 Å². The van der Waals surface area contributed by atoms with Crippen LogP contribution in [-0.4, -0.2) is 22.3 Å². The van der Waals surface area contributed by atoms with Gasteiger partial charge in [0, 0.05) is 20.8 Å². The maximum absolute atomic E-state index is 6.02. The summed E-state index contributed by atoms with van der Waals surface area (Å²) in [5.41, 5.74) is 1.31. The molecule has 0 spiro atoms. The lowest BCUT2D eigenvalue weighted by Crippen LogP contribution is -2.03. The van der Waals surface area contributed by atoms with Gasteiger partial charge in [0.25, 0.3) is 0 Å². The minimum Gasteiger partial charge on any atom is -0.495 e. The Bertz CT molecular complexity index is 886. The van der Waals surface area contributed by atoms with Gasteiger partial charge in [-0.05, 0) is 36.4 Å². The van der Waals surface area contributed by atoms with Crippen LogP contribution in [0.5, 0.6) is 5.75 Å². The largest absolute Gasteiger partial charge is 0.495 e. The first-order valence-corrected chi connectivity index (χ1v) is 8.20. The third-order valence-electron chi connectivity index (χ3n) is 3.10. The Morgan fingerprint density at radius 2 is 1.68 bits per heavy atom. The van der Waals surface area contributed by atoms with E-state index >= 15 is 0 Å². The van der Waals surface area contributed by atoms with Crippen LogP contribution in [0.3, 0.4) is 0 Å². The molecule has 0 aliphatic heterocycles. The molecular formula is C16H12Cl3N5O. The average molecular weight is 397 g/mol. The highest BCUT2D eigenvalue weighted by atomic mass is 35.5. The van der Waals surface area contributed by atoms with Gasteiger partial charge in [-0.25, -0.2) is 0 Å². The van der Waals surface area contributed by atoms with Crippen LogP contribution >= 0.6 is 34.8 Å². The monoisotopic (exact) mass is 395 g/mol. The van der Waals surface area contributed by atoms with Gasteiger partial charge in [-0.2, -0.15) is 10.1 Å². The molecule has 0 amide bonds. The van der Waals surface area contributed by atoms with E-state index in [0.717, 1.165) is 0 Å². The van der Waals surface area contributed by atoms with Crippen molar-refractivity contribution in [3.63, 3.8) is 0 Å². The van der Waals surface area contributed by atoms with Crippen LogP contribution in [-0.2, 0) is 0 Å². The third-order valence-corrected chi connectivity index (χ3v) is 3.77. The summed E-state index contributed by atoms with van der Waals surface area (Å²) in [4.78, 5) is 4.35. The fourth-order valence-electron chi connectivity index (χ4n) is 2.09. The van der Waals surface area contributed by atoms with Crippen molar-refractivity contribution in [3.8, 4) is 5.75 Å². The van der Waals surface area contributed by atoms with Gasteiger partial charge in [-0.3, -0.25) is 0 Å². The molecule has 0 radical (unpaired) electrons. The molecule has 0 aliphatic carbocycles. The van der Waals surface area contributed by atoms with E-state index in [-0.39, 0.29) is 5.95 Å². The quantitative estimate of drug-likeness (QED) is 0.607. The molecule has 0 saturated carbocycles. The summed E-state index contributed by atoms with van der Waals surface area (Å²) in [5, 5.41) is 15.6. The topological polar surface area (TPSA) is 72.0 Å². The molecule has 0 saturated heterocycles. The molecule has 2 aromatic carbocycles. The molecule has 25 heavy (non-hydrogen) atoms. The number of nitrogens with zero attached hydrogens (tertiary/aromatic N) is 3. The number of anilines is 4. The van der Waals surface area contributed by atoms with Crippen molar-refractivity contribution in [2.45, 2.75) is 0 Å². The summed E-state index contributed by atoms with van der Waals surface area (Å²) < 4.78 is 5.28. The number of halogens is 3. The lowest BCUT2D eigenvalue weighted by molar-refractivity contribution is 0.417. The number of benzene rings is 2. The SMILES string of the molecule is COc1ccc(Cl)cc1Nc1nncc(Nc2cc(Cl)cc(Cl)c2)n1. The number of rotatable bonds is 5. The van der Waals surface area contributed by atoms with Gasteiger partial charge in [-0.1, -0.05) is 34.8 Å². The van der Waals surface area contributed by atoms with Crippen molar-refractivity contribution in [2.24, 2.45) is 0 Å². The summed E-state index contributed by atoms with van der Waals surface area (Å²) >= 11 is 18.0. The van der Waals surface area contributed by atoms with Crippen LogP contribution in [0.15, 0.2) is 42.6 Å². The molecule has 1 heterocycles.